The minimum atomic E-state index is -0.315. The van der Waals surface area contributed by atoms with E-state index in [0.29, 0.717) is 34.0 Å². The maximum Gasteiger partial charge on any atom is 0.270 e. The van der Waals surface area contributed by atoms with Crippen molar-refractivity contribution in [2.45, 2.75) is 50.3 Å². The molecule has 8 heteroatoms. The van der Waals surface area contributed by atoms with Gasteiger partial charge in [-0.2, -0.15) is 4.99 Å². The van der Waals surface area contributed by atoms with Crippen molar-refractivity contribution in [1.29, 1.82) is 0 Å². The molecule has 0 bridgehead atoms. The molecule has 0 saturated heterocycles. The second-order valence-electron chi connectivity index (χ2n) is 8.94. The Bertz CT molecular complexity index is 1160. The molecule has 1 atom stereocenters. The van der Waals surface area contributed by atoms with Gasteiger partial charge in [-0.05, 0) is 36.1 Å². The molecular formula is C26H28ClN3O3S. The summed E-state index contributed by atoms with van der Waals surface area (Å²) in [6.07, 6.45) is 6.93. The van der Waals surface area contributed by atoms with Crippen LogP contribution >= 0.6 is 23.4 Å². The molecule has 0 N–H and O–H groups in total. The molecule has 5 rings (SSSR count). The first-order valence-corrected chi connectivity index (χ1v) is 13.1. The number of fused-ring (bicyclic) bond motifs is 3. The highest BCUT2D eigenvalue weighted by Gasteiger charge is 2.43. The van der Waals surface area contributed by atoms with Gasteiger partial charge in [-0.3, -0.25) is 9.69 Å². The number of amides is 1. The summed E-state index contributed by atoms with van der Waals surface area (Å²) in [6.45, 7) is 0. The van der Waals surface area contributed by atoms with E-state index in [-0.39, 0.29) is 11.9 Å². The fourth-order valence-electron chi connectivity index (χ4n) is 5.02. The largest absolute Gasteiger partial charge is 0.493 e. The summed E-state index contributed by atoms with van der Waals surface area (Å²) < 4.78 is 11.0. The molecule has 2 heterocycles. The number of hydrogen-bond acceptors (Lipinski definition) is 6. The lowest BCUT2D eigenvalue weighted by atomic mass is 9.84. The van der Waals surface area contributed by atoms with Crippen LogP contribution < -0.4 is 9.47 Å². The van der Waals surface area contributed by atoms with Crippen molar-refractivity contribution in [3.63, 3.8) is 0 Å². The van der Waals surface area contributed by atoms with Crippen molar-refractivity contribution in [2.24, 2.45) is 15.9 Å². The molecule has 1 amide bonds. The van der Waals surface area contributed by atoms with Gasteiger partial charge in [0.05, 0.1) is 19.9 Å². The monoisotopic (exact) mass is 497 g/mol. The van der Waals surface area contributed by atoms with Crippen LogP contribution in [-0.4, -0.2) is 42.1 Å². The Morgan fingerprint density at radius 3 is 2.56 bits per heavy atom. The molecule has 34 heavy (non-hydrogen) atoms. The molecule has 6 nitrogen and oxygen atoms in total. The quantitative estimate of drug-likeness (QED) is 0.474. The minimum Gasteiger partial charge on any atom is -0.493 e. The van der Waals surface area contributed by atoms with E-state index in [2.05, 4.69) is 9.89 Å². The molecule has 3 aliphatic rings. The number of hydrogen-bond donors (Lipinski definition) is 0. The van der Waals surface area contributed by atoms with Crippen molar-refractivity contribution in [1.82, 2.24) is 4.90 Å². The highest BCUT2D eigenvalue weighted by atomic mass is 35.5. The van der Waals surface area contributed by atoms with E-state index >= 15 is 0 Å². The van der Waals surface area contributed by atoms with Crippen LogP contribution in [-0.2, 0) is 10.5 Å². The fraction of sp³-hybridized carbons (Fsp3) is 0.423. The Kier molecular flexibility index (Phi) is 6.84. The Hall–Kier alpha value is -2.51. The zero-order valence-corrected chi connectivity index (χ0v) is 21.0. The topological polar surface area (TPSA) is 63.5 Å². The minimum absolute atomic E-state index is 0.0840. The van der Waals surface area contributed by atoms with Gasteiger partial charge in [0.15, 0.2) is 16.7 Å². The van der Waals surface area contributed by atoms with Crippen LogP contribution in [0.25, 0.3) is 0 Å². The second-order valence-corrected chi connectivity index (χ2v) is 10.3. The third kappa shape index (κ3) is 4.56. The smallest absolute Gasteiger partial charge is 0.270 e. The van der Waals surface area contributed by atoms with Crippen LogP contribution in [0.3, 0.4) is 0 Å². The summed E-state index contributed by atoms with van der Waals surface area (Å²) in [5, 5.41) is 1.49. The Morgan fingerprint density at radius 2 is 1.82 bits per heavy atom. The number of carbonyl (C=O) groups is 1. The average Bonchev–Trinajstić information content (AvgIpc) is 3.18. The van der Waals surface area contributed by atoms with Crippen LogP contribution in [0.5, 0.6) is 11.5 Å². The molecule has 178 valence electrons. The normalized spacial score (nSPS) is 19.9. The number of amidine groups is 2. The molecule has 0 radical (unpaired) electrons. The maximum atomic E-state index is 13.2. The number of ether oxygens (including phenoxy) is 2. The molecule has 1 saturated carbocycles. The summed E-state index contributed by atoms with van der Waals surface area (Å²) in [5.74, 6) is 3.00. The van der Waals surface area contributed by atoms with Crippen LogP contribution in [0, 0.1) is 5.92 Å². The zero-order valence-electron chi connectivity index (χ0n) is 19.4. The molecule has 2 aromatic carbocycles. The SMILES string of the molecule is COc1cc2c(cc1OC)C1=NC(=O)C(CC3CCCCC3)N1C(SCc1cccc(Cl)c1)=N2. The average molecular weight is 498 g/mol. The van der Waals surface area contributed by atoms with Crippen LogP contribution in [0.1, 0.15) is 49.7 Å². The molecule has 2 aliphatic heterocycles. The van der Waals surface area contributed by atoms with Crippen LogP contribution in [0.2, 0.25) is 5.02 Å². The predicted molar refractivity (Wildman–Crippen MR) is 138 cm³/mol. The Labute approximate surface area is 209 Å². The van der Waals surface area contributed by atoms with Gasteiger partial charge >= 0.3 is 0 Å². The summed E-state index contributed by atoms with van der Waals surface area (Å²) in [7, 11) is 3.21. The second kappa shape index (κ2) is 10.0. The number of methoxy groups -OCH3 is 2. The lowest BCUT2D eigenvalue weighted by molar-refractivity contribution is -0.120. The van der Waals surface area contributed by atoms with Gasteiger partial charge in [0.1, 0.15) is 11.9 Å². The van der Waals surface area contributed by atoms with Gasteiger partial charge < -0.3 is 9.47 Å². The van der Waals surface area contributed by atoms with E-state index in [9.17, 15) is 4.79 Å². The van der Waals surface area contributed by atoms with Gasteiger partial charge in [0.25, 0.3) is 5.91 Å². The third-order valence-corrected chi connectivity index (χ3v) is 8.00. The number of rotatable bonds is 6. The van der Waals surface area contributed by atoms with Gasteiger partial charge in [-0.1, -0.05) is 67.6 Å². The lowest BCUT2D eigenvalue weighted by Crippen LogP contribution is -2.44. The summed E-state index contributed by atoms with van der Waals surface area (Å²) in [4.78, 5) is 24.8. The standard InChI is InChI=1S/C26H28ClN3O3S/c1-32-22-13-19-20(14-23(22)33-2)28-26(34-15-17-9-6-10-18(27)11-17)30-21(25(31)29-24(19)30)12-16-7-4-3-5-8-16/h6,9-11,13-14,16,21H,3-5,7-8,12,15H2,1-2H3. The van der Waals surface area contributed by atoms with Crippen LogP contribution in [0.4, 0.5) is 5.69 Å². The predicted octanol–water partition coefficient (Wildman–Crippen LogP) is 6.22. The Balaban J connectivity index is 1.51. The lowest BCUT2D eigenvalue weighted by Gasteiger charge is -2.33. The van der Waals surface area contributed by atoms with Gasteiger partial charge in [-0.25, -0.2) is 4.99 Å². The van der Waals surface area contributed by atoms with E-state index in [4.69, 9.17) is 26.1 Å². The molecule has 1 fully saturated rings. The highest BCUT2D eigenvalue weighted by Crippen LogP contribution is 2.42. The third-order valence-electron chi connectivity index (χ3n) is 6.74. The summed E-state index contributed by atoms with van der Waals surface area (Å²) in [6, 6.07) is 11.2. The summed E-state index contributed by atoms with van der Waals surface area (Å²) in [5.41, 5.74) is 2.63. The van der Waals surface area contributed by atoms with Crippen molar-refractivity contribution < 1.29 is 14.3 Å². The van der Waals surface area contributed by atoms with E-state index < -0.39 is 0 Å². The van der Waals surface area contributed by atoms with Crippen molar-refractivity contribution in [2.75, 3.05) is 14.2 Å². The van der Waals surface area contributed by atoms with Gasteiger partial charge in [0.2, 0.25) is 0 Å². The Morgan fingerprint density at radius 1 is 1.06 bits per heavy atom. The molecule has 1 unspecified atom stereocenters. The number of benzene rings is 2. The molecule has 0 spiro atoms. The van der Waals surface area contributed by atoms with E-state index in [1.165, 1.54) is 32.1 Å². The number of nitrogens with zero attached hydrogens (tertiary/aromatic N) is 3. The number of halogens is 1. The van der Waals surface area contributed by atoms with Crippen molar-refractivity contribution >= 4 is 46.0 Å². The fourth-order valence-corrected chi connectivity index (χ4v) is 6.23. The summed E-state index contributed by atoms with van der Waals surface area (Å²) >= 11 is 7.80. The number of carbonyl (C=O) groups excluding carboxylic acids is 1. The molecule has 2 aromatic rings. The van der Waals surface area contributed by atoms with E-state index in [1.54, 1.807) is 26.0 Å². The maximum absolute atomic E-state index is 13.2. The zero-order chi connectivity index (χ0) is 23.7. The first kappa shape index (κ1) is 23.2. The van der Waals surface area contributed by atoms with Crippen LogP contribution in [0.15, 0.2) is 46.4 Å². The van der Waals surface area contributed by atoms with E-state index in [0.717, 1.165) is 28.4 Å². The first-order chi connectivity index (χ1) is 16.6. The molecular weight excluding hydrogens is 470 g/mol. The van der Waals surface area contributed by atoms with Crippen molar-refractivity contribution in [3.05, 3.63) is 52.5 Å². The molecule has 0 aromatic heterocycles. The molecule has 1 aliphatic carbocycles. The van der Waals surface area contributed by atoms with Crippen molar-refractivity contribution in [3.8, 4) is 11.5 Å². The highest BCUT2D eigenvalue weighted by molar-refractivity contribution is 8.13. The number of aliphatic imine (C=N–C) groups is 2. The van der Waals surface area contributed by atoms with E-state index in [1.807, 2.05) is 36.4 Å². The van der Waals surface area contributed by atoms with Gasteiger partial charge in [0, 0.05) is 22.4 Å². The number of thioether (sulfide) groups is 1. The van der Waals surface area contributed by atoms with Gasteiger partial charge in [-0.15, -0.1) is 0 Å². The first-order valence-electron chi connectivity index (χ1n) is 11.7.